The lowest BCUT2D eigenvalue weighted by Gasteiger charge is -2.32. The predicted octanol–water partition coefficient (Wildman–Crippen LogP) is 2.28. The van der Waals surface area contributed by atoms with Crippen LogP contribution >= 0.6 is 0 Å². The van der Waals surface area contributed by atoms with Gasteiger partial charge in [-0.3, -0.25) is 9.69 Å². The lowest BCUT2D eigenvalue weighted by molar-refractivity contribution is 0.0662. The normalized spacial score (nSPS) is 19.8. The first-order chi connectivity index (χ1) is 13.2. The Balaban J connectivity index is 1.63. The molecule has 1 aromatic rings. The maximum Gasteiger partial charge on any atom is 0.254 e. The molecule has 0 bridgehead atoms. The van der Waals surface area contributed by atoms with E-state index >= 15 is 0 Å². The number of likely N-dealkylation sites (N-methyl/N-ethyl adjacent to an activating group) is 1. The topological polar surface area (TPSA) is 48.9 Å². The lowest BCUT2D eigenvalue weighted by Crippen LogP contribution is -2.47. The van der Waals surface area contributed by atoms with Crippen LogP contribution < -0.4 is 4.74 Å². The maximum absolute atomic E-state index is 12.8. The summed E-state index contributed by atoms with van der Waals surface area (Å²) < 4.78 is 6.19. The molecular formula is C21H32N4O2. The molecule has 0 N–H and O–H groups in total. The molecular weight excluding hydrogens is 340 g/mol. The van der Waals surface area contributed by atoms with Gasteiger partial charge in [-0.1, -0.05) is 6.08 Å². The number of allylic oxidation sites excluding steroid dienone is 1. The summed E-state index contributed by atoms with van der Waals surface area (Å²) in [5.41, 5.74) is 0.660. The van der Waals surface area contributed by atoms with Gasteiger partial charge in [0.05, 0.1) is 0 Å². The third-order valence-corrected chi connectivity index (χ3v) is 5.41. The van der Waals surface area contributed by atoms with Crippen molar-refractivity contribution in [2.75, 3.05) is 52.9 Å². The number of hydrogen-bond acceptors (Lipinski definition) is 5. The van der Waals surface area contributed by atoms with Gasteiger partial charge in [-0.25, -0.2) is 4.98 Å². The Kier molecular flexibility index (Phi) is 7.24. The Morgan fingerprint density at radius 2 is 2.00 bits per heavy atom. The molecule has 0 aliphatic carbocycles. The molecule has 1 atom stereocenters. The molecule has 2 aliphatic rings. The summed E-state index contributed by atoms with van der Waals surface area (Å²) in [6.07, 6.45) is 8.04. The average Bonchev–Trinajstić information content (AvgIpc) is 3.19. The number of carbonyl (C=O) groups excluding carboxylic acids is 1. The molecule has 27 heavy (non-hydrogen) atoms. The van der Waals surface area contributed by atoms with Crippen LogP contribution in [0.2, 0.25) is 0 Å². The quantitative estimate of drug-likeness (QED) is 0.655. The Morgan fingerprint density at radius 1 is 1.26 bits per heavy atom. The second-order valence-electron chi connectivity index (χ2n) is 7.59. The second kappa shape index (κ2) is 9.85. The van der Waals surface area contributed by atoms with E-state index in [9.17, 15) is 4.79 Å². The van der Waals surface area contributed by atoms with E-state index in [0.29, 0.717) is 11.4 Å². The van der Waals surface area contributed by atoms with Crippen LogP contribution in [0.25, 0.3) is 0 Å². The molecule has 0 saturated carbocycles. The number of aromatic nitrogens is 1. The minimum absolute atomic E-state index is 0.0672. The molecule has 0 aromatic carbocycles. The molecule has 1 amide bonds. The van der Waals surface area contributed by atoms with Crippen molar-refractivity contribution in [3.8, 4) is 5.88 Å². The number of pyridine rings is 1. The molecule has 2 saturated heterocycles. The summed E-state index contributed by atoms with van der Waals surface area (Å²) in [6.45, 7) is 10.4. The van der Waals surface area contributed by atoms with Gasteiger partial charge in [-0.15, -0.1) is 6.58 Å². The zero-order valence-electron chi connectivity index (χ0n) is 16.5. The molecule has 2 fully saturated rings. The van der Waals surface area contributed by atoms with E-state index in [1.54, 1.807) is 18.3 Å². The van der Waals surface area contributed by atoms with Crippen molar-refractivity contribution in [2.24, 2.45) is 0 Å². The first kappa shape index (κ1) is 19.8. The summed E-state index contributed by atoms with van der Waals surface area (Å²) in [7, 11) is 2.09. The van der Waals surface area contributed by atoms with Gasteiger partial charge in [0, 0.05) is 50.6 Å². The summed E-state index contributed by atoms with van der Waals surface area (Å²) in [5.74, 6) is 0.612. The summed E-state index contributed by atoms with van der Waals surface area (Å²) in [4.78, 5) is 23.8. The summed E-state index contributed by atoms with van der Waals surface area (Å²) in [5, 5.41) is 0. The minimum Gasteiger partial charge on any atom is -0.473 e. The fourth-order valence-electron chi connectivity index (χ4n) is 3.71. The molecule has 1 unspecified atom stereocenters. The summed E-state index contributed by atoms with van der Waals surface area (Å²) in [6, 6.07) is 3.58. The van der Waals surface area contributed by atoms with E-state index in [1.165, 1.54) is 12.8 Å². The lowest BCUT2D eigenvalue weighted by atomic mass is 10.2. The van der Waals surface area contributed by atoms with Crippen molar-refractivity contribution in [1.29, 1.82) is 0 Å². The highest BCUT2D eigenvalue weighted by Crippen LogP contribution is 2.18. The van der Waals surface area contributed by atoms with E-state index in [-0.39, 0.29) is 12.0 Å². The van der Waals surface area contributed by atoms with Gasteiger partial charge in [0.25, 0.3) is 5.91 Å². The average molecular weight is 373 g/mol. The van der Waals surface area contributed by atoms with Crippen molar-refractivity contribution in [2.45, 2.75) is 31.8 Å². The number of carbonyl (C=O) groups is 1. The van der Waals surface area contributed by atoms with Crippen LogP contribution in [0, 0.1) is 0 Å². The number of likely N-dealkylation sites (tertiary alicyclic amines) is 1. The van der Waals surface area contributed by atoms with E-state index in [4.69, 9.17) is 4.74 Å². The predicted molar refractivity (Wildman–Crippen MR) is 107 cm³/mol. The van der Waals surface area contributed by atoms with E-state index in [1.807, 2.05) is 11.0 Å². The molecule has 148 valence electrons. The van der Waals surface area contributed by atoms with Crippen LogP contribution in [0.3, 0.4) is 0 Å². The first-order valence-corrected chi connectivity index (χ1v) is 10.1. The highest BCUT2D eigenvalue weighted by molar-refractivity contribution is 5.94. The molecule has 3 heterocycles. The largest absolute Gasteiger partial charge is 0.473 e. The zero-order chi connectivity index (χ0) is 19.1. The fourth-order valence-corrected chi connectivity index (χ4v) is 3.71. The number of ether oxygens (including phenoxy) is 1. The minimum atomic E-state index is 0.0672. The molecule has 1 aromatic heterocycles. The van der Waals surface area contributed by atoms with E-state index < -0.39 is 0 Å². The van der Waals surface area contributed by atoms with Gasteiger partial charge in [0.1, 0.15) is 6.10 Å². The van der Waals surface area contributed by atoms with Gasteiger partial charge in [-0.05, 0) is 51.9 Å². The van der Waals surface area contributed by atoms with Crippen LogP contribution in [-0.4, -0.2) is 84.6 Å². The number of piperazine rings is 1. The van der Waals surface area contributed by atoms with Crippen molar-refractivity contribution in [1.82, 2.24) is 19.7 Å². The van der Waals surface area contributed by atoms with Gasteiger partial charge in [0.15, 0.2) is 0 Å². The zero-order valence-corrected chi connectivity index (χ0v) is 16.5. The number of rotatable bonds is 8. The highest BCUT2D eigenvalue weighted by atomic mass is 16.5. The van der Waals surface area contributed by atoms with Gasteiger partial charge < -0.3 is 14.5 Å². The van der Waals surface area contributed by atoms with Crippen molar-refractivity contribution in [3.05, 3.63) is 36.5 Å². The second-order valence-corrected chi connectivity index (χ2v) is 7.59. The first-order valence-electron chi connectivity index (χ1n) is 10.1. The maximum atomic E-state index is 12.8. The van der Waals surface area contributed by atoms with Gasteiger partial charge >= 0.3 is 0 Å². The molecule has 6 nitrogen and oxygen atoms in total. The van der Waals surface area contributed by atoms with Crippen LogP contribution in [0.15, 0.2) is 31.0 Å². The molecule has 0 radical (unpaired) electrons. The molecule has 2 aliphatic heterocycles. The third kappa shape index (κ3) is 5.78. The number of amides is 1. The van der Waals surface area contributed by atoms with Crippen LogP contribution in [-0.2, 0) is 0 Å². The van der Waals surface area contributed by atoms with Gasteiger partial charge in [0.2, 0.25) is 5.88 Å². The molecule has 3 rings (SSSR count). The van der Waals surface area contributed by atoms with Crippen molar-refractivity contribution >= 4 is 5.91 Å². The van der Waals surface area contributed by atoms with Crippen LogP contribution in [0.4, 0.5) is 0 Å². The van der Waals surface area contributed by atoms with E-state index in [0.717, 1.165) is 58.7 Å². The van der Waals surface area contributed by atoms with Crippen LogP contribution in [0.1, 0.15) is 36.0 Å². The Morgan fingerprint density at radius 3 is 2.70 bits per heavy atom. The van der Waals surface area contributed by atoms with Crippen LogP contribution in [0.5, 0.6) is 5.88 Å². The Labute approximate surface area is 162 Å². The van der Waals surface area contributed by atoms with E-state index in [2.05, 4.69) is 28.4 Å². The van der Waals surface area contributed by atoms with Crippen molar-refractivity contribution in [3.63, 3.8) is 0 Å². The summed E-state index contributed by atoms with van der Waals surface area (Å²) >= 11 is 0. The smallest absolute Gasteiger partial charge is 0.254 e. The Bertz CT molecular complexity index is 622. The molecule has 6 heteroatoms. The van der Waals surface area contributed by atoms with Gasteiger partial charge in [-0.2, -0.15) is 0 Å². The number of nitrogens with zero attached hydrogens (tertiary/aromatic N) is 4. The highest BCUT2D eigenvalue weighted by Gasteiger charge is 2.22. The SMILES string of the molecule is C=CCCC(CN1CCCC1)Oc1cc(C(=O)N2CCN(C)CC2)ccn1. The monoisotopic (exact) mass is 372 g/mol. The van der Waals surface area contributed by atoms with Crippen molar-refractivity contribution < 1.29 is 9.53 Å². The third-order valence-electron chi connectivity index (χ3n) is 5.41. The number of hydrogen-bond donors (Lipinski definition) is 0. The fraction of sp³-hybridized carbons (Fsp3) is 0.619. The standard InChI is InChI=1S/C21H32N4O2/c1-3-4-7-19(17-24-10-5-6-11-24)27-20-16-18(8-9-22-20)21(26)25-14-12-23(2)13-15-25/h3,8-9,16,19H,1,4-7,10-15,17H2,2H3. The Hall–Kier alpha value is -1.92. The molecule has 0 spiro atoms.